The summed E-state index contributed by atoms with van der Waals surface area (Å²) in [7, 11) is -7.21. The van der Waals surface area contributed by atoms with E-state index >= 15 is 0 Å². The summed E-state index contributed by atoms with van der Waals surface area (Å²) in [5.41, 5.74) is 0. The Bertz CT molecular complexity index is 884. The third kappa shape index (κ3) is 4.92. The number of nitrogens with one attached hydrogen (secondary N) is 1. The second-order valence-corrected chi connectivity index (χ2v) is 11.6. The van der Waals surface area contributed by atoms with E-state index in [9.17, 15) is 21.6 Å². The highest BCUT2D eigenvalue weighted by molar-refractivity contribution is 7.89. The standard InChI is InChI=1S/C16H25N3O6S3/c20-16(17-5-13-27(21,22)18-8-10-25-11-9-18)15-14(4-12-26-15)28(23,24)19-6-2-1-3-7-19/h4,12H,1-3,5-11,13H2,(H,17,20). The second kappa shape index (κ2) is 9.18. The van der Waals surface area contributed by atoms with Gasteiger partial charge in [-0.1, -0.05) is 6.42 Å². The van der Waals surface area contributed by atoms with E-state index in [0.29, 0.717) is 39.4 Å². The predicted molar refractivity (Wildman–Crippen MR) is 105 cm³/mol. The highest BCUT2D eigenvalue weighted by Gasteiger charge is 2.31. The van der Waals surface area contributed by atoms with Gasteiger partial charge in [-0.3, -0.25) is 4.79 Å². The molecule has 12 heteroatoms. The number of carbonyl (C=O) groups excluding carboxylic acids is 1. The number of morpholine rings is 1. The molecule has 2 aliphatic rings. The first-order valence-corrected chi connectivity index (χ1v) is 13.2. The molecule has 3 rings (SSSR count). The predicted octanol–water partition coefficient (Wildman–Crippen LogP) is 0.315. The summed E-state index contributed by atoms with van der Waals surface area (Å²) in [4.78, 5) is 12.6. The molecular formula is C16H25N3O6S3. The zero-order chi connectivity index (χ0) is 20.2. The van der Waals surface area contributed by atoms with Crippen LogP contribution >= 0.6 is 11.3 Å². The molecule has 1 aromatic heterocycles. The van der Waals surface area contributed by atoms with Crippen molar-refractivity contribution in [3.63, 3.8) is 0 Å². The molecule has 0 saturated carbocycles. The van der Waals surface area contributed by atoms with Crippen molar-refractivity contribution in [2.75, 3.05) is 51.7 Å². The Labute approximate surface area is 169 Å². The third-order valence-corrected chi connectivity index (χ3v) is 9.63. The van der Waals surface area contributed by atoms with Gasteiger partial charge < -0.3 is 10.1 Å². The zero-order valence-corrected chi connectivity index (χ0v) is 18.0. The molecule has 0 aromatic carbocycles. The van der Waals surface area contributed by atoms with Gasteiger partial charge in [-0.15, -0.1) is 11.3 Å². The van der Waals surface area contributed by atoms with Crippen molar-refractivity contribution in [2.24, 2.45) is 0 Å². The summed E-state index contributed by atoms with van der Waals surface area (Å²) < 4.78 is 58.2. The molecule has 0 unspecified atom stereocenters. The van der Waals surface area contributed by atoms with Gasteiger partial charge in [0.15, 0.2) is 0 Å². The van der Waals surface area contributed by atoms with Crippen molar-refractivity contribution in [3.05, 3.63) is 16.3 Å². The normalized spacial score (nSPS) is 20.1. The van der Waals surface area contributed by atoms with E-state index in [1.54, 1.807) is 5.38 Å². The van der Waals surface area contributed by atoms with E-state index in [-0.39, 0.29) is 22.1 Å². The summed E-state index contributed by atoms with van der Waals surface area (Å²) in [5.74, 6) is -0.805. The molecule has 1 aromatic rings. The minimum Gasteiger partial charge on any atom is -0.379 e. The van der Waals surface area contributed by atoms with Gasteiger partial charge in [-0.25, -0.2) is 16.8 Å². The van der Waals surface area contributed by atoms with Crippen molar-refractivity contribution in [1.82, 2.24) is 13.9 Å². The molecular weight excluding hydrogens is 426 g/mol. The molecule has 0 aliphatic carbocycles. The highest BCUT2D eigenvalue weighted by Crippen LogP contribution is 2.27. The average Bonchev–Trinajstić information content (AvgIpc) is 3.20. The van der Waals surface area contributed by atoms with Gasteiger partial charge in [0.1, 0.15) is 9.77 Å². The fourth-order valence-corrected chi connectivity index (χ4v) is 7.40. The van der Waals surface area contributed by atoms with Gasteiger partial charge in [0.25, 0.3) is 5.91 Å². The van der Waals surface area contributed by atoms with Crippen molar-refractivity contribution in [3.8, 4) is 0 Å². The lowest BCUT2D eigenvalue weighted by molar-refractivity contribution is 0.0730. The fraction of sp³-hybridized carbons (Fsp3) is 0.688. The van der Waals surface area contributed by atoms with Gasteiger partial charge in [0.2, 0.25) is 20.0 Å². The maximum atomic E-state index is 12.9. The molecule has 28 heavy (non-hydrogen) atoms. The van der Waals surface area contributed by atoms with E-state index < -0.39 is 26.0 Å². The fourth-order valence-electron chi connectivity index (χ4n) is 3.24. The Morgan fingerprint density at radius 3 is 2.39 bits per heavy atom. The first-order valence-electron chi connectivity index (χ1n) is 9.24. The van der Waals surface area contributed by atoms with Gasteiger partial charge in [-0.2, -0.15) is 8.61 Å². The van der Waals surface area contributed by atoms with Crippen molar-refractivity contribution in [2.45, 2.75) is 24.2 Å². The summed E-state index contributed by atoms with van der Waals surface area (Å²) >= 11 is 1.04. The molecule has 9 nitrogen and oxygen atoms in total. The van der Waals surface area contributed by atoms with Crippen LogP contribution in [-0.2, 0) is 24.8 Å². The number of hydrogen-bond donors (Lipinski definition) is 1. The Balaban J connectivity index is 1.62. The lowest BCUT2D eigenvalue weighted by Gasteiger charge is -2.26. The van der Waals surface area contributed by atoms with Crippen molar-refractivity contribution in [1.29, 1.82) is 0 Å². The Hall–Kier alpha value is -1.05. The first kappa shape index (κ1) is 21.7. The number of piperidine rings is 1. The molecule has 1 N–H and O–H groups in total. The number of carbonyl (C=O) groups is 1. The van der Waals surface area contributed by atoms with E-state index in [2.05, 4.69) is 5.32 Å². The highest BCUT2D eigenvalue weighted by atomic mass is 32.2. The van der Waals surface area contributed by atoms with Crippen LogP contribution in [0.15, 0.2) is 16.3 Å². The zero-order valence-electron chi connectivity index (χ0n) is 15.5. The van der Waals surface area contributed by atoms with Crippen LogP contribution in [0.25, 0.3) is 0 Å². The number of rotatable bonds is 7. The first-order chi connectivity index (χ1) is 13.3. The number of sulfonamides is 2. The van der Waals surface area contributed by atoms with E-state index in [1.165, 1.54) is 14.7 Å². The van der Waals surface area contributed by atoms with Crippen LogP contribution in [0.1, 0.15) is 28.9 Å². The third-order valence-electron chi connectivity index (χ3n) is 4.78. The Kier molecular flexibility index (Phi) is 7.10. The Morgan fingerprint density at radius 2 is 1.71 bits per heavy atom. The molecule has 0 radical (unpaired) electrons. The molecule has 3 heterocycles. The van der Waals surface area contributed by atoms with Gasteiger partial charge in [0, 0.05) is 32.7 Å². The number of thiophene rings is 1. The molecule has 2 fully saturated rings. The lowest BCUT2D eigenvalue weighted by Crippen LogP contribution is -2.43. The van der Waals surface area contributed by atoms with Crippen LogP contribution in [0.2, 0.25) is 0 Å². The smallest absolute Gasteiger partial charge is 0.262 e. The minimum absolute atomic E-state index is 0.00654. The number of hydrogen-bond acceptors (Lipinski definition) is 7. The molecule has 2 aliphatic heterocycles. The maximum absolute atomic E-state index is 12.9. The molecule has 0 atom stereocenters. The maximum Gasteiger partial charge on any atom is 0.262 e. The number of ether oxygens (including phenoxy) is 1. The van der Waals surface area contributed by atoms with Gasteiger partial charge in [0.05, 0.1) is 19.0 Å². The number of amides is 1. The lowest BCUT2D eigenvalue weighted by atomic mass is 10.2. The molecule has 0 bridgehead atoms. The second-order valence-electron chi connectivity index (χ2n) is 6.66. The van der Waals surface area contributed by atoms with Gasteiger partial charge in [-0.05, 0) is 24.3 Å². The summed E-state index contributed by atoms with van der Waals surface area (Å²) in [6, 6.07) is 1.44. The van der Waals surface area contributed by atoms with Crippen LogP contribution < -0.4 is 5.32 Å². The van der Waals surface area contributed by atoms with Crippen LogP contribution in [0.5, 0.6) is 0 Å². The van der Waals surface area contributed by atoms with Crippen LogP contribution in [0.3, 0.4) is 0 Å². The van der Waals surface area contributed by atoms with E-state index in [1.807, 2.05) is 0 Å². The van der Waals surface area contributed by atoms with Crippen molar-refractivity contribution < 1.29 is 26.4 Å². The summed E-state index contributed by atoms with van der Waals surface area (Å²) in [5, 5.41) is 4.11. The quantitative estimate of drug-likeness (QED) is 0.639. The minimum atomic E-state index is -3.72. The summed E-state index contributed by atoms with van der Waals surface area (Å²) in [6.07, 6.45) is 2.62. The molecule has 2 saturated heterocycles. The van der Waals surface area contributed by atoms with Crippen molar-refractivity contribution >= 4 is 37.3 Å². The molecule has 158 valence electrons. The van der Waals surface area contributed by atoms with Gasteiger partial charge >= 0.3 is 0 Å². The van der Waals surface area contributed by atoms with E-state index in [0.717, 1.165) is 30.6 Å². The average molecular weight is 452 g/mol. The van der Waals surface area contributed by atoms with E-state index in [4.69, 9.17) is 4.74 Å². The topological polar surface area (TPSA) is 113 Å². The monoisotopic (exact) mass is 451 g/mol. The number of nitrogens with zero attached hydrogens (tertiary/aromatic N) is 2. The molecule has 0 spiro atoms. The van der Waals surface area contributed by atoms with Crippen LogP contribution in [0, 0.1) is 0 Å². The summed E-state index contributed by atoms with van der Waals surface area (Å²) in [6.45, 7) is 2.16. The SMILES string of the molecule is O=C(NCCS(=O)(=O)N1CCOCC1)c1sccc1S(=O)(=O)N1CCCCC1. The largest absolute Gasteiger partial charge is 0.379 e. The van der Waals surface area contributed by atoms with Crippen LogP contribution in [-0.4, -0.2) is 83.0 Å². The Morgan fingerprint density at radius 1 is 1.04 bits per heavy atom. The molecule has 1 amide bonds. The van der Waals surface area contributed by atoms with Crippen LogP contribution in [0.4, 0.5) is 0 Å².